The first-order valence-electron chi connectivity index (χ1n) is 6.40. The van der Waals surface area contributed by atoms with Gasteiger partial charge in [0.05, 0.1) is 10.2 Å². The van der Waals surface area contributed by atoms with Gasteiger partial charge in [-0.25, -0.2) is 0 Å². The minimum atomic E-state index is -0.109. The van der Waals surface area contributed by atoms with Crippen LogP contribution in [0.4, 0.5) is 5.69 Å². The van der Waals surface area contributed by atoms with Crippen molar-refractivity contribution in [2.75, 3.05) is 5.32 Å². The summed E-state index contributed by atoms with van der Waals surface area (Å²) in [6.45, 7) is 6.30. The first-order valence-corrected chi connectivity index (χ1v) is 7.19. The number of anilines is 1. The number of pyridine rings is 1. The Morgan fingerprint density at radius 1 is 1.20 bits per heavy atom. The van der Waals surface area contributed by atoms with Crippen molar-refractivity contribution in [3.63, 3.8) is 0 Å². The van der Waals surface area contributed by atoms with Crippen molar-refractivity contribution in [1.29, 1.82) is 0 Å². The summed E-state index contributed by atoms with van der Waals surface area (Å²) in [4.78, 5) is 16.5. The van der Waals surface area contributed by atoms with Crippen LogP contribution in [0.15, 0.2) is 47.2 Å². The molecule has 0 fully saturated rings. The fraction of sp³-hybridized carbons (Fsp3) is 0.250. The van der Waals surface area contributed by atoms with Gasteiger partial charge in [-0.05, 0) is 39.0 Å². The number of carbonyl (C=O) groups excluding carboxylic acids is 1. The van der Waals surface area contributed by atoms with Crippen molar-refractivity contribution in [2.24, 2.45) is 0 Å². The SMILES string of the molecule is CC(C)(C)c1ccccc1C(=O)Nc1ccncc1Br. The lowest BCUT2D eigenvalue weighted by atomic mass is 9.83. The molecule has 3 nitrogen and oxygen atoms in total. The second-order valence-corrected chi connectivity index (χ2v) is 6.46. The number of hydrogen-bond acceptors (Lipinski definition) is 2. The number of benzene rings is 1. The number of aromatic nitrogens is 1. The van der Waals surface area contributed by atoms with Crippen LogP contribution in [0.1, 0.15) is 36.7 Å². The Hall–Kier alpha value is -1.68. The Morgan fingerprint density at radius 3 is 2.55 bits per heavy atom. The molecule has 4 heteroatoms. The highest BCUT2D eigenvalue weighted by atomic mass is 79.9. The Morgan fingerprint density at radius 2 is 1.90 bits per heavy atom. The van der Waals surface area contributed by atoms with Gasteiger partial charge in [-0.15, -0.1) is 0 Å². The molecule has 0 bridgehead atoms. The molecule has 1 heterocycles. The van der Waals surface area contributed by atoms with Crippen molar-refractivity contribution >= 4 is 27.5 Å². The molecule has 0 aliphatic heterocycles. The summed E-state index contributed by atoms with van der Waals surface area (Å²) >= 11 is 3.38. The first-order chi connectivity index (χ1) is 9.39. The molecule has 0 saturated carbocycles. The van der Waals surface area contributed by atoms with Gasteiger partial charge in [0.15, 0.2) is 0 Å². The van der Waals surface area contributed by atoms with Gasteiger partial charge in [-0.1, -0.05) is 39.0 Å². The van der Waals surface area contributed by atoms with Gasteiger partial charge in [0.1, 0.15) is 0 Å². The molecule has 104 valence electrons. The second-order valence-electron chi connectivity index (χ2n) is 5.61. The van der Waals surface area contributed by atoms with Gasteiger partial charge >= 0.3 is 0 Å². The van der Waals surface area contributed by atoms with E-state index in [0.717, 1.165) is 10.0 Å². The fourth-order valence-electron chi connectivity index (χ4n) is 2.00. The normalized spacial score (nSPS) is 11.2. The van der Waals surface area contributed by atoms with E-state index in [1.54, 1.807) is 18.5 Å². The summed E-state index contributed by atoms with van der Waals surface area (Å²) in [6.07, 6.45) is 3.31. The van der Waals surface area contributed by atoms with E-state index < -0.39 is 0 Å². The molecule has 20 heavy (non-hydrogen) atoms. The largest absolute Gasteiger partial charge is 0.321 e. The lowest BCUT2D eigenvalue weighted by molar-refractivity contribution is 0.102. The predicted molar refractivity (Wildman–Crippen MR) is 85.0 cm³/mol. The van der Waals surface area contributed by atoms with Crippen LogP contribution in [0.3, 0.4) is 0 Å². The van der Waals surface area contributed by atoms with Crippen LogP contribution in [0.5, 0.6) is 0 Å². The Balaban J connectivity index is 2.34. The van der Waals surface area contributed by atoms with Crippen LogP contribution < -0.4 is 5.32 Å². The van der Waals surface area contributed by atoms with Crippen molar-refractivity contribution in [2.45, 2.75) is 26.2 Å². The van der Waals surface area contributed by atoms with Crippen LogP contribution in [-0.2, 0) is 5.41 Å². The summed E-state index contributed by atoms with van der Waals surface area (Å²) in [5, 5.41) is 2.91. The van der Waals surface area contributed by atoms with Crippen LogP contribution in [0, 0.1) is 0 Å². The van der Waals surface area contributed by atoms with Crippen molar-refractivity contribution < 1.29 is 4.79 Å². The number of amides is 1. The third kappa shape index (κ3) is 3.25. The topological polar surface area (TPSA) is 42.0 Å². The van der Waals surface area contributed by atoms with E-state index in [2.05, 4.69) is 47.0 Å². The summed E-state index contributed by atoms with van der Waals surface area (Å²) in [6, 6.07) is 9.45. The lowest BCUT2D eigenvalue weighted by Crippen LogP contribution is -2.21. The van der Waals surface area contributed by atoms with Gasteiger partial charge in [-0.3, -0.25) is 9.78 Å². The van der Waals surface area contributed by atoms with Gasteiger partial charge in [0.2, 0.25) is 0 Å². The maximum atomic E-state index is 12.5. The number of hydrogen-bond donors (Lipinski definition) is 1. The molecule has 1 amide bonds. The monoisotopic (exact) mass is 332 g/mol. The highest BCUT2D eigenvalue weighted by Gasteiger charge is 2.21. The minimum absolute atomic E-state index is 0.0800. The molecule has 1 N–H and O–H groups in total. The molecular formula is C16H17BrN2O. The van der Waals surface area contributed by atoms with E-state index in [4.69, 9.17) is 0 Å². The van der Waals surface area contributed by atoms with Gasteiger partial charge in [0, 0.05) is 18.0 Å². The van der Waals surface area contributed by atoms with Gasteiger partial charge in [-0.2, -0.15) is 0 Å². The molecule has 2 rings (SSSR count). The summed E-state index contributed by atoms with van der Waals surface area (Å²) in [7, 11) is 0. The summed E-state index contributed by atoms with van der Waals surface area (Å²) in [5.74, 6) is -0.109. The first kappa shape index (κ1) is 14.7. The van der Waals surface area contributed by atoms with E-state index in [9.17, 15) is 4.79 Å². The highest BCUT2D eigenvalue weighted by molar-refractivity contribution is 9.10. The van der Waals surface area contributed by atoms with E-state index in [1.807, 2.05) is 24.3 Å². The summed E-state index contributed by atoms with van der Waals surface area (Å²) < 4.78 is 0.765. The molecule has 0 unspecified atom stereocenters. The zero-order valence-electron chi connectivity index (χ0n) is 11.8. The van der Waals surface area contributed by atoms with E-state index in [-0.39, 0.29) is 11.3 Å². The molecule has 0 radical (unpaired) electrons. The van der Waals surface area contributed by atoms with E-state index >= 15 is 0 Å². The van der Waals surface area contributed by atoms with E-state index in [0.29, 0.717) is 11.3 Å². The molecule has 2 aromatic rings. The average molecular weight is 333 g/mol. The number of nitrogens with zero attached hydrogens (tertiary/aromatic N) is 1. The third-order valence-corrected chi connectivity index (χ3v) is 3.63. The van der Waals surface area contributed by atoms with Gasteiger partial charge in [0.25, 0.3) is 5.91 Å². The molecular weight excluding hydrogens is 316 g/mol. The molecule has 1 aromatic carbocycles. The van der Waals surface area contributed by atoms with Crippen LogP contribution in [0.25, 0.3) is 0 Å². The number of nitrogens with one attached hydrogen (secondary N) is 1. The average Bonchev–Trinajstić information content (AvgIpc) is 2.40. The zero-order valence-corrected chi connectivity index (χ0v) is 13.4. The lowest BCUT2D eigenvalue weighted by Gasteiger charge is -2.22. The number of rotatable bonds is 2. The molecule has 0 aliphatic rings. The quantitative estimate of drug-likeness (QED) is 0.885. The van der Waals surface area contributed by atoms with Crippen molar-refractivity contribution in [3.8, 4) is 0 Å². The van der Waals surface area contributed by atoms with E-state index in [1.165, 1.54) is 0 Å². The number of carbonyl (C=O) groups is 1. The Labute approximate surface area is 127 Å². The van der Waals surface area contributed by atoms with Crippen LogP contribution in [-0.4, -0.2) is 10.9 Å². The third-order valence-electron chi connectivity index (χ3n) is 3.00. The van der Waals surface area contributed by atoms with Crippen molar-refractivity contribution in [3.05, 3.63) is 58.3 Å². The highest BCUT2D eigenvalue weighted by Crippen LogP contribution is 2.27. The van der Waals surface area contributed by atoms with Crippen LogP contribution in [0.2, 0.25) is 0 Å². The Bertz CT molecular complexity index is 632. The maximum absolute atomic E-state index is 12.5. The second kappa shape index (κ2) is 5.75. The van der Waals surface area contributed by atoms with Crippen molar-refractivity contribution in [1.82, 2.24) is 4.98 Å². The van der Waals surface area contributed by atoms with Crippen LogP contribution >= 0.6 is 15.9 Å². The minimum Gasteiger partial charge on any atom is -0.321 e. The predicted octanol–water partition coefficient (Wildman–Crippen LogP) is 4.39. The standard InChI is InChI=1S/C16H17BrN2O/c1-16(2,3)12-7-5-4-6-11(12)15(20)19-14-8-9-18-10-13(14)17/h4-10H,1-3H3,(H,18,19,20). The molecule has 1 aromatic heterocycles. The molecule has 0 saturated heterocycles. The molecule has 0 aliphatic carbocycles. The Kier molecular flexibility index (Phi) is 4.23. The van der Waals surface area contributed by atoms with Gasteiger partial charge < -0.3 is 5.32 Å². The smallest absolute Gasteiger partial charge is 0.255 e. The molecule has 0 atom stereocenters. The fourth-order valence-corrected chi connectivity index (χ4v) is 2.35. The zero-order chi connectivity index (χ0) is 14.8. The summed E-state index contributed by atoms with van der Waals surface area (Å²) in [5.41, 5.74) is 2.36. The maximum Gasteiger partial charge on any atom is 0.255 e. The molecule has 0 spiro atoms. The number of halogens is 1.